The summed E-state index contributed by atoms with van der Waals surface area (Å²) in [5, 5.41) is 0.999. The zero-order valence-corrected chi connectivity index (χ0v) is 13.7. The van der Waals surface area contributed by atoms with Gasteiger partial charge in [0, 0.05) is 34.6 Å². The van der Waals surface area contributed by atoms with E-state index in [1.807, 2.05) is 18.3 Å². The van der Waals surface area contributed by atoms with Gasteiger partial charge in [-0.1, -0.05) is 15.9 Å². The Kier molecular flexibility index (Phi) is 3.30. The Morgan fingerprint density at radius 1 is 1.33 bits per heavy atom. The summed E-state index contributed by atoms with van der Waals surface area (Å²) >= 11 is 5.34. The lowest BCUT2D eigenvalue weighted by atomic mass is 9.82. The first-order valence-corrected chi connectivity index (χ1v) is 8.70. The lowest BCUT2D eigenvalue weighted by Gasteiger charge is -2.38. The second kappa shape index (κ2) is 5.18. The molecule has 2 aromatic rings. The van der Waals surface area contributed by atoms with Gasteiger partial charge in [-0.3, -0.25) is 4.99 Å². The smallest absolute Gasteiger partial charge is 0.162 e. The maximum atomic E-state index is 5.81. The number of fused-ring (bicyclic) bond motifs is 2. The van der Waals surface area contributed by atoms with E-state index in [-0.39, 0.29) is 5.54 Å². The van der Waals surface area contributed by atoms with Crippen molar-refractivity contribution in [2.45, 2.75) is 18.4 Å². The van der Waals surface area contributed by atoms with Crippen molar-refractivity contribution in [2.75, 3.05) is 12.4 Å². The van der Waals surface area contributed by atoms with Gasteiger partial charge in [0.05, 0.1) is 12.1 Å². The lowest BCUT2D eigenvalue weighted by molar-refractivity contribution is 0.214. The van der Waals surface area contributed by atoms with Crippen LogP contribution in [-0.4, -0.2) is 27.4 Å². The number of H-pyrrole nitrogens is 1. The minimum Gasteiger partial charge on any atom is -0.493 e. The van der Waals surface area contributed by atoms with Crippen molar-refractivity contribution in [3.8, 4) is 5.75 Å². The molecule has 0 aliphatic carbocycles. The molecular formula is C15H14BrN3OS. The molecule has 1 aromatic carbocycles. The molecule has 0 fully saturated rings. The first kappa shape index (κ1) is 13.4. The number of thioether (sulfide) groups is 1. The Bertz CT molecular complexity index is 701. The van der Waals surface area contributed by atoms with Crippen LogP contribution in [0.4, 0.5) is 0 Å². The monoisotopic (exact) mass is 363 g/mol. The summed E-state index contributed by atoms with van der Waals surface area (Å²) in [7, 11) is 0. The predicted octanol–water partition coefficient (Wildman–Crippen LogP) is 3.73. The average molecular weight is 364 g/mol. The summed E-state index contributed by atoms with van der Waals surface area (Å²) in [5.41, 5.74) is 1.01. The highest BCUT2D eigenvalue weighted by Crippen LogP contribution is 2.46. The van der Waals surface area contributed by atoms with Crippen LogP contribution in [0.25, 0.3) is 0 Å². The summed E-state index contributed by atoms with van der Waals surface area (Å²) in [4.78, 5) is 12.6. The number of aromatic nitrogens is 2. The summed E-state index contributed by atoms with van der Waals surface area (Å²) in [6.07, 6.45) is 5.57. The first-order valence-electron chi connectivity index (χ1n) is 6.92. The fourth-order valence-corrected chi connectivity index (χ4v) is 4.42. The Hall–Kier alpha value is -1.27. The van der Waals surface area contributed by atoms with Crippen LogP contribution in [0.1, 0.15) is 24.2 Å². The van der Waals surface area contributed by atoms with Gasteiger partial charge < -0.3 is 9.72 Å². The molecule has 0 radical (unpaired) electrons. The van der Waals surface area contributed by atoms with E-state index >= 15 is 0 Å². The maximum Gasteiger partial charge on any atom is 0.162 e. The van der Waals surface area contributed by atoms with E-state index in [0.717, 1.165) is 39.7 Å². The van der Waals surface area contributed by atoms with Crippen LogP contribution in [0.15, 0.2) is 40.1 Å². The number of hydrogen-bond donors (Lipinski definition) is 1. The highest BCUT2D eigenvalue weighted by Gasteiger charge is 2.40. The van der Waals surface area contributed by atoms with Gasteiger partial charge in [-0.25, -0.2) is 4.98 Å². The number of imidazole rings is 1. The fraction of sp³-hybridized carbons (Fsp3) is 0.333. The highest BCUT2D eigenvalue weighted by molar-refractivity contribution is 9.10. The molecule has 1 N–H and O–H groups in total. The molecule has 1 unspecified atom stereocenters. The molecule has 3 heterocycles. The summed E-state index contributed by atoms with van der Waals surface area (Å²) < 4.78 is 6.88. The van der Waals surface area contributed by atoms with E-state index < -0.39 is 0 Å². The van der Waals surface area contributed by atoms with Gasteiger partial charge in [-0.15, -0.1) is 11.8 Å². The van der Waals surface area contributed by atoms with Crippen molar-refractivity contribution in [3.05, 3.63) is 46.5 Å². The van der Waals surface area contributed by atoms with Crippen LogP contribution in [0.3, 0.4) is 0 Å². The molecular weight excluding hydrogens is 350 g/mol. The quantitative estimate of drug-likeness (QED) is 0.839. The normalized spacial score (nSPS) is 24.3. The van der Waals surface area contributed by atoms with E-state index in [1.165, 1.54) is 5.56 Å². The molecule has 0 saturated heterocycles. The molecule has 21 heavy (non-hydrogen) atoms. The number of nitrogens with one attached hydrogen (secondary N) is 1. The molecule has 0 saturated carbocycles. The van der Waals surface area contributed by atoms with Gasteiger partial charge in [0.2, 0.25) is 0 Å². The van der Waals surface area contributed by atoms with E-state index in [2.05, 4.69) is 32.0 Å². The summed E-state index contributed by atoms with van der Waals surface area (Å²) in [6, 6.07) is 6.20. The van der Waals surface area contributed by atoms with Gasteiger partial charge in [0.1, 0.15) is 10.8 Å². The molecule has 2 aliphatic rings. The molecule has 1 spiro atoms. The van der Waals surface area contributed by atoms with Crippen LogP contribution in [0, 0.1) is 0 Å². The first-order chi connectivity index (χ1) is 10.3. The Morgan fingerprint density at radius 3 is 3.14 bits per heavy atom. The number of aromatic amines is 1. The van der Waals surface area contributed by atoms with Crippen molar-refractivity contribution in [1.29, 1.82) is 0 Å². The van der Waals surface area contributed by atoms with Gasteiger partial charge in [-0.05, 0) is 24.6 Å². The Labute approximate surface area is 135 Å². The number of ether oxygens (including phenoxy) is 1. The van der Waals surface area contributed by atoms with Crippen LogP contribution >= 0.6 is 27.7 Å². The molecule has 2 aliphatic heterocycles. The van der Waals surface area contributed by atoms with Gasteiger partial charge in [0.15, 0.2) is 5.82 Å². The van der Waals surface area contributed by atoms with Crippen molar-refractivity contribution in [3.63, 3.8) is 0 Å². The molecule has 0 amide bonds. The number of benzene rings is 1. The number of halogens is 1. The maximum absolute atomic E-state index is 5.81. The molecule has 4 rings (SSSR count). The Morgan fingerprint density at radius 2 is 2.29 bits per heavy atom. The molecule has 1 aromatic heterocycles. The van der Waals surface area contributed by atoms with E-state index in [0.29, 0.717) is 6.61 Å². The van der Waals surface area contributed by atoms with E-state index in [9.17, 15) is 0 Å². The second-order valence-electron chi connectivity index (χ2n) is 5.22. The highest BCUT2D eigenvalue weighted by atomic mass is 79.9. The number of rotatable bonds is 1. The van der Waals surface area contributed by atoms with E-state index in [4.69, 9.17) is 9.73 Å². The summed E-state index contributed by atoms with van der Waals surface area (Å²) in [6.45, 7) is 0.717. The standard InChI is InChI=1S/C15H14BrN3OS/c16-10-1-2-12-11(9-10)15(3-7-20-12)4-8-21-14(19-15)13-17-5-6-18-13/h1-2,5-6,9H,3-4,7-8H2,(H,17,18). The van der Waals surface area contributed by atoms with Crippen molar-refractivity contribution >= 4 is 32.7 Å². The van der Waals surface area contributed by atoms with Gasteiger partial charge in [-0.2, -0.15) is 0 Å². The zero-order valence-electron chi connectivity index (χ0n) is 11.3. The SMILES string of the molecule is Brc1ccc2c(c1)C1(CCO2)CCSC(c2ncc[nH]2)=N1. The van der Waals surface area contributed by atoms with Crippen LogP contribution in [-0.2, 0) is 5.54 Å². The molecule has 108 valence electrons. The molecule has 0 bridgehead atoms. The number of aliphatic imine (C=N–C) groups is 1. The van der Waals surface area contributed by atoms with Crippen LogP contribution in [0.2, 0.25) is 0 Å². The molecule has 1 atom stereocenters. The largest absolute Gasteiger partial charge is 0.493 e. The Balaban J connectivity index is 1.85. The van der Waals surface area contributed by atoms with Gasteiger partial charge in [0.25, 0.3) is 0 Å². The minimum absolute atomic E-state index is 0.176. The van der Waals surface area contributed by atoms with Crippen LogP contribution < -0.4 is 4.74 Å². The third kappa shape index (κ3) is 2.30. The average Bonchev–Trinajstić information content (AvgIpc) is 3.03. The van der Waals surface area contributed by atoms with E-state index in [1.54, 1.807) is 18.0 Å². The van der Waals surface area contributed by atoms with Crippen molar-refractivity contribution < 1.29 is 4.74 Å². The lowest BCUT2D eigenvalue weighted by Crippen LogP contribution is -2.35. The third-order valence-electron chi connectivity index (χ3n) is 3.99. The third-order valence-corrected chi connectivity index (χ3v) is 5.45. The zero-order chi connectivity index (χ0) is 14.3. The van der Waals surface area contributed by atoms with Gasteiger partial charge >= 0.3 is 0 Å². The number of hydrogen-bond acceptors (Lipinski definition) is 4. The number of nitrogens with zero attached hydrogens (tertiary/aromatic N) is 2. The summed E-state index contributed by atoms with van der Waals surface area (Å²) in [5.74, 6) is 2.87. The fourth-order valence-electron chi connectivity index (χ4n) is 2.93. The predicted molar refractivity (Wildman–Crippen MR) is 88.1 cm³/mol. The van der Waals surface area contributed by atoms with Crippen LogP contribution in [0.5, 0.6) is 5.75 Å². The topological polar surface area (TPSA) is 50.3 Å². The van der Waals surface area contributed by atoms with Crippen molar-refractivity contribution in [2.24, 2.45) is 4.99 Å². The molecule has 6 heteroatoms. The minimum atomic E-state index is -0.176. The van der Waals surface area contributed by atoms with Crippen molar-refractivity contribution in [1.82, 2.24) is 9.97 Å². The second-order valence-corrected chi connectivity index (χ2v) is 7.22. The molecule has 4 nitrogen and oxygen atoms in total.